The number of rotatable bonds is 11. The summed E-state index contributed by atoms with van der Waals surface area (Å²) in [7, 11) is 1.63. The van der Waals surface area contributed by atoms with Gasteiger partial charge in [0.25, 0.3) is 5.91 Å². The van der Waals surface area contributed by atoms with Crippen LogP contribution in [0.1, 0.15) is 35.1 Å². The first kappa shape index (κ1) is 26.4. The number of carbonyl (C=O) groups excluding carboxylic acids is 1. The number of benzene rings is 2. The summed E-state index contributed by atoms with van der Waals surface area (Å²) in [6.45, 7) is 6.88. The van der Waals surface area contributed by atoms with Gasteiger partial charge >= 0.3 is 0 Å². The first-order chi connectivity index (χ1) is 18.5. The van der Waals surface area contributed by atoms with Gasteiger partial charge < -0.3 is 29.8 Å². The largest absolute Gasteiger partial charge is 0.488 e. The number of amides is 1. The zero-order valence-electron chi connectivity index (χ0n) is 21.4. The Labute approximate surface area is 222 Å². The zero-order chi connectivity index (χ0) is 26.7. The molecule has 0 aliphatic carbocycles. The molecular weight excluding hydrogens is 482 g/mol. The lowest BCUT2D eigenvalue weighted by Crippen LogP contribution is -2.23. The van der Waals surface area contributed by atoms with Crippen LogP contribution in [0.5, 0.6) is 17.2 Å². The number of hydrogen-bond donors (Lipinski definition) is 3. The maximum Gasteiger partial charge on any atom is 0.251 e. The van der Waals surface area contributed by atoms with E-state index in [0.717, 1.165) is 11.4 Å². The Morgan fingerprint density at radius 1 is 1.11 bits per heavy atom. The molecule has 1 amide bonds. The van der Waals surface area contributed by atoms with Crippen LogP contribution >= 0.6 is 0 Å². The van der Waals surface area contributed by atoms with Gasteiger partial charge in [0.05, 0.1) is 13.2 Å². The third-order valence-corrected chi connectivity index (χ3v) is 5.46. The fourth-order valence-corrected chi connectivity index (χ4v) is 3.67. The predicted molar refractivity (Wildman–Crippen MR) is 147 cm³/mol. The number of amidine groups is 1. The molecule has 1 aromatic heterocycles. The molecule has 1 aliphatic rings. The second-order valence-electron chi connectivity index (χ2n) is 8.58. The van der Waals surface area contributed by atoms with Crippen molar-refractivity contribution in [2.24, 2.45) is 4.99 Å². The van der Waals surface area contributed by atoms with E-state index in [2.05, 4.69) is 32.2 Å². The average Bonchev–Trinajstić information content (AvgIpc) is 3.30. The van der Waals surface area contributed by atoms with Crippen LogP contribution in [0, 0.1) is 0 Å². The number of ether oxygens (including phenoxy) is 3. The fourth-order valence-electron chi connectivity index (χ4n) is 3.67. The minimum absolute atomic E-state index is 0.162. The second-order valence-corrected chi connectivity index (χ2v) is 8.58. The third kappa shape index (κ3) is 7.68. The minimum Gasteiger partial charge on any atom is -0.488 e. The van der Waals surface area contributed by atoms with Crippen molar-refractivity contribution in [3.8, 4) is 17.2 Å². The first-order valence-corrected chi connectivity index (χ1v) is 12.2. The summed E-state index contributed by atoms with van der Waals surface area (Å²) in [5, 5.41) is 6.11. The molecule has 2 heterocycles. The SMILES string of the molecule is C=C(NC1=NC=CC=CC1)c1cc(Oc2ccc(C(=O)NCc3ncc[nH]3)cc2)cc(O[C@@H](C)COC)c1. The van der Waals surface area contributed by atoms with Crippen molar-refractivity contribution in [1.29, 1.82) is 0 Å². The van der Waals surface area contributed by atoms with Crippen molar-refractivity contribution in [2.75, 3.05) is 13.7 Å². The van der Waals surface area contributed by atoms with Crippen molar-refractivity contribution in [1.82, 2.24) is 20.6 Å². The number of aliphatic imine (C=N–C) groups is 1. The molecule has 1 aliphatic heterocycles. The number of allylic oxidation sites excluding steroid dienone is 2. The second kappa shape index (κ2) is 13.1. The Hall–Kier alpha value is -4.63. The highest BCUT2D eigenvalue weighted by Gasteiger charge is 2.12. The van der Waals surface area contributed by atoms with Crippen molar-refractivity contribution in [3.63, 3.8) is 0 Å². The number of carbonyl (C=O) groups is 1. The molecule has 0 saturated heterocycles. The van der Waals surface area contributed by atoms with E-state index in [-0.39, 0.29) is 12.0 Å². The predicted octanol–water partition coefficient (Wildman–Crippen LogP) is 4.98. The maximum absolute atomic E-state index is 12.5. The summed E-state index contributed by atoms with van der Waals surface area (Å²) in [5.74, 6) is 3.01. The van der Waals surface area contributed by atoms with E-state index in [1.54, 1.807) is 50.0 Å². The lowest BCUT2D eigenvalue weighted by atomic mass is 10.1. The van der Waals surface area contributed by atoms with E-state index in [9.17, 15) is 4.79 Å². The summed E-state index contributed by atoms with van der Waals surface area (Å²) in [6, 6.07) is 12.5. The molecule has 9 nitrogen and oxygen atoms in total. The summed E-state index contributed by atoms with van der Waals surface area (Å²) >= 11 is 0. The van der Waals surface area contributed by atoms with E-state index in [1.807, 2.05) is 43.4 Å². The molecule has 0 radical (unpaired) electrons. The Kier molecular flexibility index (Phi) is 9.09. The molecule has 38 heavy (non-hydrogen) atoms. The zero-order valence-corrected chi connectivity index (χ0v) is 21.4. The van der Waals surface area contributed by atoms with Crippen LogP contribution in [0.4, 0.5) is 0 Å². The van der Waals surface area contributed by atoms with Crippen molar-refractivity contribution < 1.29 is 19.0 Å². The highest BCUT2D eigenvalue weighted by molar-refractivity contribution is 5.94. The van der Waals surface area contributed by atoms with Crippen molar-refractivity contribution in [3.05, 3.63) is 103 Å². The van der Waals surface area contributed by atoms with Gasteiger partial charge in [-0.25, -0.2) is 9.98 Å². The van der Waals surface area contributed by atoms with E-state index in [4.69, 9.17) is 14.2 Å². The standard InChI is InChI=1S/C29H31N5O4/c1-20(19-36-3)37-25-15-23(21(2)34-27-7-5-4-6-12-30-27)16-26(17-25)38-24-10-8-22(9-11-24)29(35)33-18-28-31-13-14-32-28/h4-6,8-17,20H,2,7,18-19H2,1,3H3,(H,30,34)(H,31,32)(H,33,35)/t20-/m0/s1. The van der Waals surface area contributed by atoms with Gasteiger partial charge in [-0.3, -0.25) is 4.79 Å². The Morgan fingerprint density at radius 2 is 1.92 bits per heavy atom. The number of imidazole rings is 1. The summed E-state index contributed by atoms with van der Waals surface area (Å²) in [6.07, 6.45) is 11.4. The van der Waals surface area contributed by atoms with Crippen LogP contribution in [0.15, 0.2) is 90.9 Å². The number of aromatic amines is 1. The molecular formula is C29H31N5O4. The topological polar surface area (TPSA) is 110 Å². The van der Waals surface area contributed by atoms with Gasteiger partial charge in [0.15, 0.2) is 0 Å². The van der Waals surface area contributed by atoms with Gasteiger partial charge in [0.1, 0.15) is 35.0 Å². The molecule has 3 N–H and O–H groups in total. The molecule has 0 saturated carbocycles. The van der Waals surface area contributed by atoms with Gasteiger partial charge in [0, 0.05) is 55.0 Å². The smallest absolute Gasteiger partial charge is 0.251 e. The molecule has 1 atom stereocenters. The van der Waals surface area contributed by atoms with Crippen LogP contribution in [0.2, 0.25) is 0 Å². The monoisotopic (exact) mass is 513 g/mol. The van der Waals surface area contributed by atoms with Crippen molar-refractivity contribution in [2.45, 2.75) is 26.0 Å². The third-order valence-electron chi connectivity index (χ3n) is 5.46. The number of nitrogens with one attached hydrogen (secondary N) is 3. The number of aromatic nitrogens is 2. The lowest BCUT2D eigenvalue weighted by Gasteiger charge is -2.18. The Bertz CT molecular complexity index is 1330. The van der Waals surface area contributed by atoms with Crippen LogP contribution < -0.4 is 20.1 Å². The first-order valence-electron chi connectivity index (χ1n) is 12.2. The van der Waals surface area contributed by atoms with Gasteiger partial charge in [-0.1, -0.05) is 18.7 Å². The van der Waals surface area contributed by atoms with E-state index in [0.29, 0.717) is 53.9 Å². The fraction of sp³-hybridized carbons (Fsp3) is 0.207. The number of H-pyrrole nitrogens is 1. The Balaban J connectivity index is 1.48. The van der Waals surface area contributed by atoms with E-state index < -0.39 is 0 Å². The van der Waals surface area contributed by atoms with Gasteiger partial charge in [-0.2, -0.15) is 0 Å². The molecule has 2 aromatic carbocycles. The van der Waals surface area contributed by atoms with Crippen LogP contribution in [0.3, 0.4) is 0 Å². The number of methoxy groups -OCH3 is 1. The highest BCUT2D eigenvalue weighted by Crippen LogP contribution is 2.30. The molecule has 0 spiro atoms. The minimum atomic E-state index is -0.203. The Morgan fingerprint density at radius 3 is 2.68 bits per heavy atom. The van der Waals surface area contributed by atoms with Gasteiger partial charge in [-0.15, -0.1) is 0 Å². The summed E-state index contributed by atoms with van der Waals surface area (Å²) in [4.78, 5) is 23.9. The van der Waals surface area contributed by atoms with E-state index in [1.165, 1.54) is 0 Å². The van der Waals surface area contributed by atoms with Crippen LogP contribution in [-0.4, -0.2) is 41.5 Å². The van der Waals surface area contributed by atoms with Crippen LogP contribution in [-0.2, 0) is 11.3 Å². The summed E-state index contributed by atoms with van der Waals surface area (Å²) in [5.41, 5.74) is 1.96. The number of nitrogens with zero attached hydrogens (tertiary/aromatic N) is 2. The summed E-state index contributed by atoms with van der Waals surface area (Å²) < 4.78 is 17.4. The molecule has 9 heteroatoms. The molecule has 4 rings (SSSR count). The highest BCUT2D eigenvalue weighted by atomic mass is 16.5. The molecule has 0 bridgehead atoms. The van der Waals surface area contributed by atoms with Crippen molar-refractivity contribution >= 4 is 17.4 Å². The normalized spacial score (nSPS) is 13.3. The quantitative estimate of drug-likeness (QED) is 0.334. The molecule has 0 fully saturated rings. The maximum atomic E-state index is 12.5. The van der Waals surface area contributed by atoms with Gasteiger partial charge in [0.2, 0.25) is 0 Å². The molecule has 196 valence electrons. The van der Waals surface area contributed by atoms with Crippen LogP contribution in [0.25, 0.3) is 5.70 Å². The average molecular weight is 514 g/mol. The number of hydrogen-bond acceptors (Lipinski definition) is 7. The van der Waals surface area contributed by atoms with Gasteiger partial charge in [-0.05, 0) is 49.4 Å². The van der Waals surface area contributed by atoms with E-state index >= 15 is 0 Å². The molecule has 0 unspecified atom stereocenters. The molecule has 3 aromatic rings. The lowest BCUT2D eigenvalue weighted by molar-refractivity contribution is 0.0919.